The van der Waals surface area contributed by atoms with Crippen molar-refractivity contribution in [2.75, 3.05) is 6.54 Å². The van der Waals surface area contributed by atoms with Crippen LogP contribution in [0.25, 0.3) is 0 Å². The summed E-state index contributed by atoms with van der Waals surface area (Å²) in [6.45, 7) is 0.823. The molecular formula is C11H13BrN2O. The van der Waals surface area contributed by atoms with Gasteiger partial charge in [-0.25, -0.2) is 0 Å². The minimum atomic E-state index is 0.104. The van der Waals surface area contributed by atoms with E-state index >= 15 is 0 Å². The molecule has 0 saturated carbocycles. The van der Waals surface area contributed by atoms with Crippen molar-refractivity contribution in [3.63, 3.8) is 0 Å². The Hall–Kier alpha value is -0.900. The second-order valence-electron chi connectivity index (χ2n) is 3.80. The first kappa shape index (κ1) is 10.6. The molecule has 1 aromatic heterocycles. The summed E-state index contributed by atoms with van der Waals surface area (Å²) < 4.78 is 0.972. The molecule has 1 unspecified atom stereocenters. The van der Waals surface area contributed by atoms with Crippen molar-refractivity contribution in [2.45, 2.75) is 19.3 Å². The van der Waals surface area contributed by atoms with E-state index in [0.29, 0.717) is 0 Å². The first-order valence-electron chi connectivity index (χ1n) is 5.14. The third kappa shape index (κ3) is 2.78. The molecule has 1 amide bonds. The van der Waals surface area contributed by atoms with Crippen molar-refractivity contribution in [1.29, 1.82) is 0 Å². The Morgan fingerprint density at radius 1 is 1.53 bits per heavy atom. The number of hydrogen-bond acceptors (Lipinski definition) is 2. The van der Waals surface area contributed by atoms with Gasteiger partial charge in [-0.1, -0.05) is 0 Å². The lowest BCUT2D eigenvalue weighted by Gasteiger charge is -2.21. The normalized spacial score (nSPS) is 21.1. The Morgan fingerprint density at radius 3 is 3.07 bits per heavy atom. The van der Waals surface area contributed by atoms with E-state index in [1.165, 1.54) is 0 Å². The molecule has 1 N–H and O–H groups in total. The van der Waals surface area contributed by atoms with Crippen LogP contribution < -0.4 is 5.32 Å². The SMILES string of the molecule is O=C1NCCCC1Cc1ccc(Br)cn1. The summed E-state index contributed by atoms with van der Waals surface area (Å²) in [5.41, 5.74) is 0.986. The maximum absolute atomic E-state index is 11.5. The van der Waals surface area contributed by atoms with E-state index in [2.05, 4.69) is 26.2 Å². The third-order valence-electron chi connectivity index (χ3n) is 2.64. The highest BCUT2D eigenvalue weighted by molar-refractivity contribution is 9.10. The number of amides is 1. The van der Waals surface area contributed by atoms with E-state index in [1.807, 2.05) is 12.1 Å². The Kier molecular flexibility index (Phi) is 3.36. The fourth-order valence-electron chi connectivity index (χ4n) is 1.81. The van der Waals surface area contributed by atoms with Crippen LogP contribution in [0.15, 0.2) is 22.8 Å². The molecule has 1 aromatic rings. The number of nitrogens with one attached hydrogen (secondary N) is 1. The Labute approximate surface area is 97.4 Å². The molecular weight excluding hydrogens is 256 g/mol. The molecule has 0 aromatic carbocycles. The van der Waals surface area contributed by atoms with Gasteiger partial charge >= 0.3 is 0 Å². The van der Waals surface area contributed by atoms with Crippen LogP contribution in [-0.4, -0.2) is 17.4 Å². The van der Waals surface area contributed by atoms with Gasteiger partial charge in [0.1, 0.15) is 0 Å². The Balaban J connectivity index is 2.01. The molecule has 0 spiro atoms. The molecule has 2 heterocycles. The lowest BCUT2D eigenvalue weighted by Crippen LogP contribution is -2.37. The van der Waals surface area contributed by atoms with Gasteiger partial charge < -0.3 is 5.32 Å². The predicted molar refractivity (Wildman–Crippen MR) is 61.4 cm³/mol. The molecule has 1 saturated heterocycles. The van der Waals surface area contributed by atoms with E-state index < -0.39 is 0 Å². The van der Waals surface area contributed by atoms with Gasteiger partial charge in [-0.15, -0.1) is 0 Å². The minimum absolute atomic E-state index is 0.104. The van der Waals surface area contributed by atoms with E-state index in [-0.39, 0.29) is 11.8 Å². The van der Waals surface area contributed by atoms with Crippen LogP contribution in [0.2, 0.25) is 0 Å². The van der Waals surface area contributed by atoms with Gasteiger partial charge in [0, 0.05) is 35.2 Å². The average Bonchev–Trinajstić information content (AvgIpc) is 2.25. The van der Waals surface area contributed by atoms with Crippen LogP contribution in [0.1, 0.15) is 18.5 Å². The van der Waals surface area contributed by atoms with E-state index in [0.717, 1.165) is 36.0 Å². The van der Waals surface area contributed by atoms with Gasteiger partial charge in [0.05, 0.1) is 0 Å². The highest BCUT2D eigenvalue weighted by Gasteiger charge is 2.22. The summed E-state index contributed by atoms with van der Waals surface area (Å²) in [5, 5.41) is 2.89. The summed E-state index contributed by atoms with van der Waals surface area (Å²) in [6.07, 6.45) is 4.58. The maximum atomic E-state index is 11.5. The summed E-state index contributed by atoms with van der Waals surface area (Å²) in [5.74, 6) is 0.276. The summed E-state index contributed by atoms with van der Waals surface area (Å²) in [7, 11) is 0. The van der Waals surface area contributed by atoms with E-state index in [1.54, 1.807) is 6.20 Å². The number of rotatable bonds is 2. The lowest BCUT2D eigenvalue weighted by atomic mass is 9.93. The van der Waals surface area contributed by atoms with Crippen molar-refractivity contribution in [3.8, 4) is 0 Å². The van der Waals surface area contributed by atoms with Crippen LogP contribution in [0, 0.1) is 5.92 Å². The number of nitrogens with zero attached hydrogens (tertiary/aromatic N) is 1. The molecule has 0 bridgehead atoms. The van der Waals surface area contributed by atoms with Crippen molar-refractivity contribution >= 4 is 21.8 Å². The molecule has 80 valence electrons. The Bertz CT molecular complexity index is 350. The van der Waals surface area contributed by atoms with Gasteiger partial charge in [0.2, 0.25) is 5.91 Å². The molecule has 1 aliphatic rings. The van der Waals surface area contributed by atoms with Crippen LogP contribution in [-0.2, 0) is 11.2 Å². The quantitative estimate of drug-likeness (QED) is 0.891. The number of carbonyl (C=O) groups excluding carboxylic acids is 1. The monoisotopic (exact) mass is 268 g/mol. The highest BCUT2D eigenvalue weighted by Crippen LogP contribution is 2.17. The predicted octanol–water partition coefficient (Wildman–Crippen LogP) is 1.91. The van der Waals surface area contributed by atoms with Gasteiger partial charge in [0.15, 0.2) is 0 Å². The molecule has 4 heteroatoms. The first-order chi connectivity index (χ1) is 7.25. The first-order valence-corrected chi connectivity index (χ1v) is 5.93. The average molecular weight is 269 g/mol. The molecule has 1 atom stereocenters. The van der Waals surface area contributed by atoms with Gasteiger partial charge in [-0.3, -0.25) is 9.78 Å². The zero-order chi connectivity index (χ0) is 10.7. The standard InChI is InChI=1S/C11H13BrN2O/c12-9-3-4-10(14-7-9)6-8-2-1-5-13-11(8)15/h3-4,7-8H,1-2,5-6H2,(H,13,15). The lowest BCUT2D eigenvalue weighted by molar-refractivity contribution is -0.126. The second-order valence-corrected chi connectivity index (χ2v) is 4.72. The molecule has 1 fully saturated rings. The topological polar surface area (TPSA) is 42.0 Å². The number of piperidine rings is 1. The number of halogens is 1. The van der Waals surface area contributed by atoms with Crippen LogP contribution in [0.5, 0.6) is 0 Å². The zero-order valence-corrected chi connectivity index (χ0v) is 9.96. The van der Waals surface area contributed by atoms with Gasteiger partial charge in [-0.2, -0.15) is 0 Å². The van der Waals surface area contributed by atoms with Gasteiger partial charge in [-0.05, 0) is 40.9 Å². The summed E-state index contributed by atoms with van der Waals surface area (Å²) in [6, 6.07) is 3.93. The molecule has 0 radical (unpaired) electrons. The largest absolute Gasteiger partial charge is 0.356 e. The zero-order valence-electron chi connectivity index (χ0n) is 8.37. The molecule has 15 heavy (non-hydrogen) atoms. The van der Waals surface area contributed by atoms with Crippen LogP contribution in [0.4, 0.5) is 0 Å². The maximum Gasteiger partial charge on any atom is 0.223 e. The van der Waals surface area contributed by atoms with Crippen LogP contribution in [0.3, 0.4) is 0 Å². The van der Waals surface area contributed by atoms with Crippen molar-refractivity contribution < 1.29 is 4.79 Å². The summed E-state index contributed by atoms with van der Waals surface area (Å²) >= 11 is 3.34. The number of pyridine rings is 1. The third-order valence-corrected chi connectivity index (χ3v) is 3.11. The molecule has 1 aliphatic heterocycles. The Morgan fingerprint density at radius 2 is 2.40 bits per heavy atom. The van der Waals surface area contributed by atoms with E-state index in [4.69, 9.17) is 0 Å². The van der Waals surface area contributed by atoms with Crippen LogP contribution >= 0.6 is 15.9 Å². The van der Waals surface area contributed by atoms with Crippen molar-refractivity contribution in [1.82, 2.24) is 10.3 Å². The number of aromatic nitrogens is 1. The van der Waals surface area contributed by atoms with Crippen molar-refractivity contribution in [2.24, 2.45) is 5.92 Å². The highest BCUT2D eigenvalue weighted by atomic mass is 79.9. The minimum Gasteiger partial charge on any atom is -0.356 e. The number of hydrogen-bond donors (Lipinski definition) is 1. The molecule has 3 nitrogen and oxygen atoms in total. The fraction of sp³-hybridized carbons (Fsp3) is 0.455. The fourth-order valence-corrected chi connectivity index (χ4v) is 2.04. The van der Waals surface area contributed by atoms with Crippen molar-refractivity contribution in [3.05, 3.63) is 28.5 Å². The smallest absolute Gasteiger partial charge is 0.223 e. The summed E-state index contributed by atoms with van der Waals surface area (Å²) in [4.78, 5) is 15.8. The molecule has 0 aliphatic carbocycles. The number of carbonyl (C=O) groups is 1. The van der Waals surface area contributed by atoms with E-state index in [9.17, 15) is 4.79 Å². The molecule has 2 rings (SSSR count). The van der Waals surface area contributed by atoms with Gasteiger partial charge in [0.25, 0.3) is 0 Å². The second kappa shape index (κ2) is 4.75.